The molecule has 0 spiro atoms. The Morgan fingerprint density at radius 2 is 2.14 bits per heavy atom. The van der Waals surface area contributed by atoms with Gasteiger partial charge in [0, 0.05) is 11.1 Å². The molecule has 0 fully saturated rings. The van der Waals surface area contributed by atoms with Gasteiger partial charge in [-0.3, -0.25) is 5.73 Å². The van der Waals surface area contributed by atoms with Crippen molar-refractivity contribution in [3.63, 3.8) is 0 Å². The first-order valence-corrected chi connectivity index (χ1v) is 4.25. The Hall–Kier alpha value is -1.26. The van der Waals surface area contributed by atoms with E-state index in [1.165, 1.54) is 18.3 Å². The number of rotatable bonds is 1. The van der Waals surface area contributed by atoms with Gasteiger partial charge >= 0.3 is 0 Å². The van der Waals surface area contributed by atoms with Crippen LogP contribution in [0.5, 0.6) is 0 Å². The molecule has 5 heteroatoms. The quantitative estimate of drug-likeness (QED) is 0.761. The van der Waals surface area contributed by atoms with Crippen LogP contribution in [-0.2, 0) is 0 Å². The number of hydrogen-bond acceptors (Lipinski definition) is 3. The van der Waals surface area contributed by atoms with Crippen molar-refractivity contribution in [3.05, 3.63) is 47.0 Å². The summed E-state index contributed by atoms with van der Waals surface area (Å²) in [7, 11) is 0. The molecule has 71 valence electrons. The lowest BCUT2D eigenvalue weighted by molar-refractivity contribution is 0.628. The van der Waals surface area contributed by atoms with Crippen LogP contribution >= 0.6 is 11.6 Å². The predicted octanol–water partition coefficient (Wildman–Crippen LogP) is 2.73. The van der Waals surface area contributed by atoms with Crippen molar-refractivity contribution in [3.8, 4) is 0 Å². The molecule has 3 nitrogen and oxygen atoms in total. The highest BCUT2D eigenvalue weighted by atomic mass is 35.5. The average molecular weight is 211 g/mol. The zero-order chi connectivity index (χ0) is 10.1. The maximum Gasteiger partial charge on any atom is 0.202 e. The first kappa shape index (κ1) is 9.30. The van der Waals surface area contributed by atoms with Gasteiger partial charge in [-0.1, -0.05) is 17.7 Å². The topological polar surface area (TPSA) is 50.7 Å². The van der Waals surface area contributed by atoms with E-state index in [1.54, 1.807) is 6.07 Å². The minimum absolute atomic E-state index is 0.290. The first-order chi connectivity index (χ1) is 6.68. The SMILES string of the molecule is N[C]1N=NC=C1c1ccc(F)cc1Cl. The van der Waals surface area contributed by atoms with Gasteiger partial charge in [0.15, 0.2) is 0 Å². The third kappa shape index (κ3) is 1.54. The molecule has 14 heavy (non-hydrogen) atoms. The highest BCUT2D eigenvalue weighted by Crippen LogP contribution is 2.32. The van der Waals surface area contributed by atoms with Crippen LogP contribution < -0.4 is 5.73 Å². The third-order valence-electron chi connectivity index (χ3n) is 1.85. The van der Waals surface area contributed by atoms with Crippen LogP contribution in [0.15, 0.2) is 34.6 Å². The van der Waals surface area contributed by atoms with Gasteiger partial charge in [-0.2, -0.15) is 10.2 Å². The first-order valence-electron chi connectivity index (χ1n) is 3.88. The normalized spacial score (nSPS) is 16.1. The van der Waals surface area contributed by atoms with Gasteiger partial charge in [0.05, 0.1) is 11.2 Å². The Morgan fingerprint density at radius 1 is 1.36 bits per heavy atom. The van der Waals surface area contributed by atoms with Gasteiger partial charge in [0.1, 0.15) is 5.82 Å². The van der Waals surface area contributed by atoms with Crippen molar-refractivity contribution in [2.24, 2.45) is 16.0 Å². The van der Waals surface area contributed by atoms with Crippen LogP contribution in [0.2, 0.25) is 5.02 Å². The summed E-state index contributed by atoms with van der Waals surface area (Å²) in [6.45, 7) is 0. The Bertz CT molecular complexity index is 428. The number of hydrogen-bond donors (Lipinski definition) is 1. The van der Waals surface area contributed by atoms with Crippen molar-refractivity contribution in [2.75, 3.05) is 0 Å². The van der Waals surface area contributed by atoms with Crippen LogP contribution in [0.25, 0.3) is 5.57 Å². The molecule has 1 aliphatic rings. The maximum atomic E-state index is 12.7. The van der Waals surface area contributed by atoms with Gasteiger partial charge < -0.3 is 0 Å². The summed E-state index contributed by atoms with van der Waals surface area (Å²) >= 11 is 5.84. The molecule has 0 amide bonds. The molecule has 1 heterocycles. The summed E-state index contributed by atoms with van der Waals surface area (Å²) < 4.78 is 12.7. The highest BCUT2D eigenvalue weighted by Gasteiger charge is 2.18. The summed E-state index contributed by atoms with van der Waals surface area (Å²) in [5, 5.41) is 7.56. The van der Waals surface area contributed by atoms with E-state index in [-0.39, 0.29) is 5.82 Å². The van der Waals surface area contributed by atoms with Gasteiger partial charge in [-0.25, -0.2) is 4.39 Å². The van der Waals surface area contributed by atoms with E-state index < -0.39 is 0 Å². The Balaban J connectivity index is 2.43. The predicted molar refractivity (Wildman–Crippen MR) is 51.7 cm³/mol. The van der Waals surface area contributed by atoms with E-state index in [2.05, 4.69) is 10.2 Å². The molecule has 1 aromatic rings. The molecule has 1 aliphatic heterocycles. The highest BCUT2D eigenvalue weighted by molar-refractivity contribution is 6.32. The maximum absolute atomic E-state index is 12.7. The summed E-state index contributed by atoms with van der Waals surface area (Å²) in [5.41, 5.74) is 6.81. The lowest BCUT2D eigenvalue weighted by atomic mass is 10.1. The molecule has 0 unspecified atom stereocenters. The number of nitrogens with zero attached hydrogens (tertiary/aromatic N) is 2. The van der Waals surface area contributed by atoms with Crippen molar-refractivity contribution in [2.45, 2.75) is 0 Å². The molecule has 1 aromatic carbocycles. The van der Waals surface area contributed by atoms with E-state index >= 15 is 0 Å². The smallest absolute Gasteiger partial charge is 0.202 e. The molecule has 1 radical (unpaired) electrons. The van der Waals surface area contributed by atoms with Gasteiger partial charge in [-0.05, 0) is 12.1 Å². The van der Waals surface area contributed by atoms with E-state index in [4.69, 9.17) is 17.3 Å². The van der Waals surface area contributed by atoms with E-state index in [0.29, 0.717) is 22.3 Å². The number of benzene rings is 1. The van der Waals surface area contributed by atoms with Crippen molar-refractivity contribution in [1.29, 1.82) is 0 Å². The van der Waals surface area contributed by atoms with Crippen LogP contribution in [0.4, 0.5) is 4.39 Å². The molecule has 0 aliphatic carbocycles. The van der Waals surface area contributed by atoms with Crippen molar-refractivity contribution < 1.29 is 4.39 Å². The van der Waals surface area contributed by atoms with Gasteiger partial charge in [0.2, 0.25) is 6.17 Å². The molecular weight excluding hydrogens is 205 g/mol. The number of azo groups is 1. The van der Waals surface area contributed by atoms with Crippen LogP contribution in [-0.4, -0.2) is 0 Å². The number of nitrogens with two attached hydrogens (primary N) is 1. The lowest BCUT2D eigenvalue weighted by Crippen LogP contribution is -2.06. The fraction of sp³-hybridized carbons (Fsp3) is 0. The summed E-state index contributed by atoms with van der Waals surface area (Å²) in [6, 6.07) is 4.09. The average Bonchev–Trinajstić information content (AvgIpc) is 2.52. The second-order valence-corrected chi connectivity index (χ2v) is 3.17. The molecule has 2 N–H and O–H groups in total. The molecule has 0 saturated carbocycles. The number of halogens is 2. The minimum atomic E-state index is -0.384. The minimum Gasteiger partial charge on any atom is -0.298 e. The van der Waals surface area contributed by atoms with Crippen LogP contribution in [0, 0.1) is 12.0 Å². The zero-order valence-electron chi connectivity index (χ0n) is 7.04. The zero-order valence-corrected chi connectivity index (χ0v) is 7.79. The molecule has 0 bridgehead atoms. The largest absolute Gasteiger partial charge is 0.298 e. The summed E-state index contributed by atoms with van der Waals surface area (Å²) in [6.07, 6.45) is 1.78. The molecule has 0 atom stereocenters. The Morgan fingerprint density at radius 3 is 2.71 bits per heavy atom. The van der Waals surface area contributed by atoms with Crippen LogP contribution in [0.1, 0.15) is 5.56 Å². The fourth-order valence-electron chi connectivity index (χ4n) is 1.18. The summed E-state index contributed by atoms with van der Waals surface area (Å²) in [4.78, 5) is 0. The van der Waals surface area contributed by atoms with Gasteiger partial charge in [0.25, 0.3) is 0 Å². The Labute approximate surface area is 85.1 Å². The molecule has 2 rings (SSSR count). The van der Waals surface area contributed by atoms with Crippen LogP contribution in [0.3, 0.4) is 0 Å². The van der Waals surface area contributed by atoms with E-state index in [0.717, 1.165) is 0 Å². The van der Waals surface area contributed by atoms with Crippen molar-refractivity contribution >= 4 is 17.2 Å². The van der Waals surface area contributed by atoms with E-state index in [1.807, 2.05) is 0 Å². The lowest BCUT2D eigenvalue weighted by Gasteiger charge is -2.06. The summed E-state index contributed by atoms with van der Waals surface area (Å²) in [5.74, 6) is -0.384. The standard InChI is InChI=1S/C9H6ClFN3/c10-8-3-5(11)1-2-6(8)7-4-13-14-9(7)12/h1-4H,12H2. The fourth-order valence-corrected chi connectivity index (χ4v) is 1.45. The molecule has 0 aromatic heterocycles. The monoisotopic (exact) mass is 210 g/mol. The molecular formula is C9H6ClFN3. The van der Waals surface area contributed by atoms with Gasteiger partial charge in [-0.15, -0.1) is 0 Å². The second-order valence-electron chi connectivity index (χ2n) is 2.77. The second kappa shape index (κ2) is 3.48. The Kier molecular flexibility index (Phi) is 2.31. The molecule has 0 saturated heterocycles. The van der Waals surface area contributed by atoms with Crippen molar-refractivity contribution in [1.82, 2.24) is 0 Å². The van der Waals surface area contributed by atoms with E-state index in [9.17, 15) is 4.39 Å². The third-order valence-corrected chi connectivity index (χ3v) is 2.16.